The lowest BCUT2D eigenvalue weighted by Crippen LogP contribution is -2.70. The molecular formula is C11H17NO3. The lowest BCUT2D eigenvalue weighted by molar-refractivity contribution is -0.240. The fraction of sp³-hybridized carbons (Fsp3) is 0.818. The Bertz CT molecular complexity index is 297. The van der Waals surface area contributed by atoms with Gasteiger partial charge in [-0.05, 0) is 40.0 Å². The summed E-state index contributed by atoms with van der Waals surface area (Å²) >= 11 is 0. The van der Waals surface area contributed by atoms with Gasteiger partial charge in [-0.3, -0.25) is 0 Å². The Morgan fingerprint density at radius 3 is 2.27 bits per heavy atom. The Labute approximate surface area is 89.4 Å². The summed E-state index contributed by atoms with van der Waals surface area (Å²) in [5.74, 6) is 0. The summed E-state index contributed by atoms with van der Waals surface area (Å²) in [6.07, 6.45) is 2.75. The zero-order valence-corrected chi connectivity index (χ0v) is 9.42. The van der Waals surface area contributed by atoms with Crippen molar-refractivity contribution in [3.63, 3.8) is 0 Å². The smallest absolute Gasteiger partial charge is 0.408 e. The first-order valence-corrected chi connectivity index (χ1v) is 5.26. The fourth-order valence-corrected chi connectivity index (χ4v) is 2.53. The van der Waals surface area contributed by atoms with E-state index in [1.165, 1.54) is 0 Å². The monoisotopic (exact) mass is 211 g/mol. The molecule has 0 spiro atoms. The van der Waals surface area contributed by atoms with Gasteiger partial charge in [0.2, 0.25) is 0 Å². The molecule has 84 valence electrons. The van der Waals surface area contributed by atoms with Crippen LogP contribution in [0.1, 0.15) is 40.0 Å². The van der Waals surface area contributed by atoms with E-state index in [2.05, 4.69) is 5.32 Å². The topological polar surface area (TPSA) is 55.4 Å². The third-order valence-electron chi connectivity index (χ3n) is 3.06. The highest BCUT2D eigenvalue weighted by molar-refractivity contribution is 5.72. The molecule has 0 atom stereocenters. The molecule has 0 saturated heterocycles. The Balaban J connectivity index is 1.81. The number of amides is 1. The third-order valence-corrected chi connectivity index (χ3v) is 3.06. The number of carbonyl (C=O) groups excluding carboxylic acids is 2. The Hall–Kier alpha value is -1.06. The number of ether oxygens (including phenoxy) is 1. The molecule has 0 aromatic carbocycles. The average Bonchev–Trinajstić information content (AvgIpc) is 1.89. The van der Waals surface area contributed by atoms with Crippen LogP contribution in [0.3, 0.4) is 0 Å². The van der Waals surface area contributed by atoms with Crippen molar-refractivity contribution in [2.45, 2.75) is 51.2 Å². The van der Waals surface area contributed by atoms with Crippen molar-refractivity contribution in [1.82, 2.24) is 5.32 Å². The fourth-order valence-electron chi connectivity index (χ4n) is 2.53. The Morgan fingerprint density at radius 2 is 1.87 bits per heavy atom. The maximum atomic E-state index is 11.5. The SMILES string of the molecule is CC(C)(C)NC(=O)OC12CC(C=O)(C1)C2. The van der Waals surface area contributed by atoms with E-state index in [-0.39, 0.29) is 22.6 Å². The van der Waals surface area contributed by atoms with E-state index in [1.54, 1.807) is 0 Å². The minimum absolute atomic E-state index is 0.151. The van der Waals surface area contributed by atoms with Crippen LogP contribution in [-0.2, 0) is 9.53 Å². The highest BCUT2D eigenvalue weighted by atomic mass is 16.6. The van der Waals surface area contributed by atoms with Crippen molar-refractivity contribution in [2.75, 3.05) is 0 Å². The molecule has 4 nitrogen and oxygen atoms in total. The molecule has 0 aromatic heterocycles. The predicted molar refractivity (Wildman–Crippen MR) is 54.4 cm³/mol. The second kappa shape index (κ2) is 2.74. The van der Waals surface area contributed by atoms with Gasteiger partial charge in [0.1, 0.15) is 11.9 Å². The second-order valence-electron chi connectivity index (χ2n) is 5.96. The first-order valence-electron chi connectivity index (χ1n) is 5.26. The van der Waals surface area contributed by atoms with Crippen molar-refractivity contribution >= 4 is 12.4 Å². The van der Waals surface area contributed by atoms with Crippen LogP contribution in [0.2, 0.25) is 0 Å². The number of alkyl carbamates (subject to hydrolysis) is 1. The van der Waals surface area contributed by atoms with E-state index in [9.17, 15) is 9.59 Å². The summed E-state index contributed by atoms with van der Waals surface area (Å²) in [4.78, 5) is 22.1. The number of nitrogens with one attached hydrogen (secondary N) is 1. The highest BCUT2D eigenvalue weighted by Crippen LogP contribution is 2.67. The van der Waals surface area contributed by atoms with Gasteiger partial charge in [0, 0.05) is 11.0 Å². The van der Waals surface area contributed by atoms with Crippen LogP contribution >= 0.6 is 0 Å². The molecule has 0 aliphatic heterocycles. The van der Waals surface area contributed by atoms with Crippen molar-refractivity contribution < 1.29 is 14.3 Å². The number of aldehydes is 1. The summed E-state index contributed by atoms with van der Waals surface area (Å²) in [7, 11) is 0. The molecule has 1 N–H and O–H groups in total. The van der Waals surface area contributed by atoms with Crippen molar-refractivity contribution in [3.8, 4) is 0 Å². The lowest BCUT2D eigenvalue weighted by Gasteiger charge is -2.66. The van der Waals surface area contributed by atoms with Crippen LogP contribution in [0, 0.1) is 5.41 Å². The number of hydrogen-bond acceptors (Lipinski definition) is 3. The van der Waals surface area contributed by atoms with Gasteiger partial charge >= 0.3 is 6.09 Å². The molecule has 3 saturated carbocycles. The molecule has 3 aliphatic rings. The maximum Gasteiger partial charge on any atom is 0.408 e. The molecule has 2 bridgehead atoms. The van der Waals surface area contributed by atoms with E-state index in [0.29, 0.717) is 19.3 Å². The van der Waals surface area contributed by atoms with Crippen LogP contribution in [0.5, 0.6) is 0 Å². The van der Waals surface area contributed by atoms with Gasteiger partial charge < -0.3 is 14.8 Å². The van der Waals surface area contributed by atoms with Gasteiger partial charge in [-0.15, -0.1) is 0 Å². The quantitative estimate of drug-likeness (QED) is 0.706. The summed E-state index contributed by atoms with van der Waals surface area (Å²) in [5.41, 5.74) is -0.749. The Morgan fingerprint density at radius 1 is 1.33 bits per heavy atom. The maximum absolute atomic E-state index is 11.5. The molecule has 0 aromatic rings. The van der Waals surface area contributed by atoms with Crippen LogP contribution in [0.15, 0.2) is 0 Å². The van der Waals surface area contributed by atoms with Gasteiger partial charge in [0.05, 0.1) is 0 Å². The summed E-state index contributed by atoms with van der Waals surface area (Å²) in [5, 5.41) is 2.75. The molecule has 15 heavy (non-hydrogen) atoms. The van der Waals surface area contributed by atoms with Crippen LogP contribution in [0.4, 0.5) is 4.79 Å². The van der Waals surface area contributed by atoms with Gasteiger partial charge in [-0.25, -0.2) is 4.79 Å². The van der Waals surface area contributed by atoms with Gasteiger partial charge in [0.15, 0.2) is 0 Å². The summed E-state index contributed by atoms with van der Waals surface area (Å²) in [6, 6.07) is 0. The normalized spacial score (nSPS) is 37.3. The van der Waals surface area contributed by atoms with Crippen molar-refractivity contribution in [3.05, 3.63) is 0 Å². The predicted octanol–water partition coefficient (Wildman–Crippen LogP) is 1.63. The Kier molecular flexibility index (Phi) is 1.91. The molecule has 0 heterocycles. The van der Waals surface area contributed by atoms with Gasteiger partial charge in [-0.1, -0.05) is 0 Å². The van der Waals surface area contributed by atoms with Gasteiger partial charge in [0.25, 0.3) is 0 Å². The van der Waals surface area contributed by atoms with Gasteiger partial charge in [-0.2, -0.15) is 0 Å². The van der Waals surface area contributed by atoms with E-state index < -0.39 is 0 Å². The van der Waals surface area contributed by atoms with E-state index in [4.69, 9.17) is 4.74 Å². The molecule has 3 aliphatic carbocycles. The second-order valence-corrected chi connectivity index (χ2v) is 5.96. The average molecular weight is 211 g/mol. The van der Waals surface area contributed by atoms with E-state index in [0.717, 1.165) is 6.29 Å². The molecule has 0 radical (unpaired) electrons. The minimum atomic E-state index is -0.373. The number of carbonyl (C=O) groups is 2. The molecule has 0 unspecified atom stereocenters. The van der Waals surface area contributed by atoms with Crippen molar-refractivity contribution in [1.29, 1.82) is 0 Å². The lowest BCUT2D eigenvalue weighted by atomic mass is 9.42. The molecule has 3 rings (SSSR count). The largest absolute Gasteiger partial charge is 0.443 e. The van der Waals surface area contributed by atoms with Crippen LogP contribution < -0.4 is 5.32 Å². The first-order chi connectivity index (χ1) is 6.78. The highest BCUT2D eigenvalue weighted by Gasteiger charge is 2.71. The van der Waals surface area contributed by atoms with E-state index in [1.807, 2.05) is 20.8 Å². The molecule has 4 heteroatoms. The third kappa shape index (κ3) is 1.73. The first kappa shape index (κ1) is 10.5. The molecular weight excluding hydrogens is 194 g/mol. The zero-order valence-electron chi connectivity index (χ0n) is 9.42. The standard InChI is InChI=1S/C11H17NO3/c1-9(2,3)12-8(14)15-11-4-10(5-11,6-11)7-13/h7H,4-6H2,1-3H3,(H,12,14). The van der Waals surface area contributed by atoms with Crippen molar-refractivity contribution in [2.24, 2.45) is 5.41 Å². The number of rotatable bonds is 2. The number of hydrogen-bond donors (Lipinski definition) is 1. The summed E-state index contributed by atoms with van der Waals surface area (Å²) in [6.45, 7) is 5.72. The van der Waals surface area contributed by atoms with Crippen LogP contribution in [0.25, 0.3) is 0 Å². The molecule has 1 amide bonds. The molecule has 3 fully saturated rings. The van der Waals surface area contributed by atoms with Crippen LogP contribution in [-0.4, -0.2) is 23.5 Å². The van der Waals surface area contributed by atoms with E-state index >= 15 is 0 Å². The summed E-state index contributed by atoms with van der Waals surface area (Å²) < 4.78 is 5.33. The zero-order chi connectivity index (χ0) is 11.3. The minimum Gasteiger partial charge on any atom is -0.443 e.